The Morgan fingerprint density at radius 2 is 1.60 bits per heavy atom. The minimum Gasteiger partial charge on any atom is -0.494 e. The van der Waals surface area contributed by atoms with Crippen LogP contribution in [-0.4, -0.2) is 78.1 Å². The number of nitrogens with zero attached hydrogens (tertiary/aromatic N) is 5. The number of ether oxygens (including phenoxy) is 1. The van der Waals surface area contributed by atoms with Crippen molar-refractivity contribution in [1.82, 2.24) is 19.8 Å². The predicted molar refractivity (Wildman–Crippen MR) is 117 cm³/mol. The molecular formula is C23H31N5O2. The van der Waals surface area contributed by atoms with Crippen LogP contribution in [0.4, 0.5) is 5.69 Å². The highest BCUT2D eigenvalue weighted by Crippen LogP contribution is 2.21. The molecule has 1 aromatic heterocycles. The van der Waals surface area contributed by atoms with Gasteiger partial charge in [-0.25, -0.2) is 9.97 Å². The summed E-state index contributed by atoms with van der Waals surface area (Å²) in [6, 6.07) is 8.33. The summed E-state index contributed by atoms with van der Waals surface area (Å²) >= 11 is 0. The van der Waals surface area contributed by atoms with Gasteiger partial charge in [0.2, 0.25) is 0 Å². The van der Waals surface area contributed by atoms with Crippen molar-refractivity contribution in [2.45, 2.75) is 25.7 Å². The number of carbonyl (C=O) groups is 1. The fraction of sp³-hybridized carbons (Fsp3) is 0.522. The van der Waals surface area contributed by atoms with Gasteiger partial charge in [0.05, 0.1) is 12.2 Å². The first kappa shape index (κ1) is 20.6. The highest BCUT2D eigenvalue weighted by Gasteiger charge is 2.22. The minimum atomic E-state index is 0.00329. The maximum atomic E-state index is 12.5. The number of anilines is 1. The standard InChI is InChI=1S/C23H31N5O2/c29-23(20-17-24-19-25-18-20)28-14-12-27(13-15-28)21-5-7-22(8-6-21)30-16-4-11-26-9-2-1-3-10-26/h5-8,17-19H,1-4,9-16H2. The van der Waals surface area contributed by atoms with Crippen LogP contribution in [0.3, 0.4) is 0 Å². The van der Waals surface area contributed by atoms with Gasteiger partial charge in [0.25, 0.3) is 5.91 Å². The molecule has 4 rings (SSSR count). The maximum Gasteiger partial charge on any atom is 0.257 e. The lowest BCUT2D eigenvalue weighted by Gasteiger charge is -2.36. The van der Waals surface area contributed by atoms with Crippen molar-refractivity contribution in [3.8, 4) is 5.75 Å². The quantitative estimate of drug-likeness (QED) is 0.656. The first-order valence-electron chi connectivity index (χ1n) is 11.0. The second-order valence-electron chi connectivity index (χ2n) is 8.00. The van der Waals surface area contributed by atoms with Crippen LogP contribution in [0.25, 0.3) is 0 Å². The molecule has 0 bridgehead atoms. The molecule has 1 amide bonds. The van der Waals surface area contributed by atoms with E-state index in [1.54, 1.807) is 12.4 Å². The molecule has 3 heterocycles. The van der Waals surface area contributed by atoms with Crippen molar-refractivity contribution < 1.29 is 9.53 Å². The Balaban J connectivity index is 1.19. The summed E-state index contributed by atoms with van der Waals surface area (Å²) in [5.74, 6) is 0.929. The molecule has 0 saturated carbocycles. The van der Waals surface area contributed by atoms with Gasteiger partial charge in [0.15, 0.2) is 0 Å². The summed E-state index contributed by atoms with van der Waals surface area (Å²) < 4.78 is 5.93. The number of carbonyl (C=O) groups excluding carboxylic acids is 1. The maximum absolute atomic E-state index is 12.5. The summed E-state index contributed by atoms with van der Waals surface area (Å²) in [4.78, 5) is 27.1. The monoisotopic (exact) mass is 409 g/mol. The van der Waals surface area contributed by atoms with Gasteiger partial charge in [-0.3, -0.25) is 4.79 Å². The molecule has 1 aromatic carbocycles. The van der Waals surface area contributed by atoms with E-state index >= 15 is 0 Å². The molecule has 0 N–H and O–H groups in total. The number of likely N-dealkylation sites (tertiary alicyclic amines) is 1. The van der Waals surface area contributed by atoms with E-state index in [1.807, 2.05) is 4.90 Å². The first-order valence-corrected chi connectivity index (χ1v) is 11.0. The van der Waals surface area contributed by atoms with Crippen molar-refractivity contribution in [2.24, 2.45) is 0 Å². The van der Waals surface area contributed by atoms with Gasteiger partial charge in [-0.2, -0.15) is 0 Å². The van der Waals surface area contributed by atoms with Crippen LogP contribution in [0, 0.1) is 0 Å². The van der Waals surface area contributed by atoms with Gasteiger partial charge >= 0.3 is 0 Å². The lowest BCUT2D eigenvalue weighted by Crippen LogP contribution is -2.48. The summed E-state index contributed by atoms with van der Waals surface area (Å²) in [5.41, 5.74) is 1.72. The number of hydrogen-bond acceptors (Lipinski definition) is 6. The molecule has 0 radical (unpaired) electrons. The van der Waals surface area contributed by atoms with Crippen molar-refractivity contribution in [3.63, 3.8) is 0 Å². The molecule has 0 aliphatic carbocycles. The van der Waals surface area contributed by atoms with E-state index in [0.29, 0.717) is 18.7 Å². The summed E-state index contributed by atoms with van der Waals surface area (Å²) in [7, 11) is 0. The Hall–Kier alpha value is -2.67. The zero-order valence-corrected chi connectivity index (χ0v) is 17.6. The van der Waals surface area contributed by atoms with E-state index in [-0.39, 0.29) is 5.91 Å². The lowest BCUT2D eigenvalue weighted by molar-refractivity contribution is 0.0746. The molecule has 7 nitrogen and oxygen atoms in total. The fourth-order valence-electron chi connectivity index (χ4n) is 4.17. The fourth-order valence-corrected chi connectivity index (χ4v) is 4.17. The van der Waals surface area contributed by atoms with E-state index in [0.717, 1.165) is 38.4 Å². The second-order valence-corrected chi connectivity index (χ2v) is 8.00. The highest BCUT2D eigenvalue weighted by atomic mass is 16.5. The summed E-state index contributed by atoms with van der Waals surface area (Å²) in [6.45, 7) is 7.41. The van der Waals surface area contributed by atoms with E-state index in [9.17, 15) is 4.79 Å². The van der Waals surface area contributed by atoms with Gasteiger partial charge in [0, 0.05) is 50.8 Å². The molecule has 2 aliphatic rings. The molecule has 2 fully saturated rings. The Labute approximate surface area is 178 Å². The van der Waals surface area contributed by atoms with Crippen LogP contribution in [0.2, 0.25) is 0 Å². The Bertz CT molecular complexity index is 785. The van der Waals surface area contributed by atoms with E-state index in [2.05, 4.69) is 44.0 Å². The SMILES string of the molecule is O=C(c1cncnc1)N1CCN(c2ccc(OCCCN3CCCCC3)cc2)CC1. The normalized spacial score (nSPS) is 17.7. The van der Waals surface area contributed by atoms with Crippen LogP contribution < -0.4 is 9.64 Å². The van der Waals surface area contributed by atoms with Crippen LogP contribution in [0.1, 0.15) is 36.0 Å². The molecule has 0 spiro atoms. The van der Waals surface area contributed by atoms with Crippen molar-refractivity contribution in [1.29, 1.82) is 0 Å². The van der Waals surface area contributed by atoms with E-state index in [4.69, 9.17) is 4.74 Å². The smallest absolute Gasteiger partial charge is 0.257 e. The molecule has 30 heavy (non-hydrogen) atoms. The highest BCUT2D eigenvalue weighted by molar-refractivity contribution is 5.93. The Morgan fingerprint density at radius 1 is 0.900 bits per heavy atom. The Morgan fingerprint density at radius 3 is 2.30 bits per heavy atom. The van der Waals surface area contributed by atoms with E-state index in [1.165, 1.54) is 44.4 Å². The van der Waals surface area contributed by atoms with Crippen LogP contribution in [0.15, 0.2) is 43.0 Å². The van der Waals surface area contributed by atoms with Gasteiger partial charge in [-0.1, -0.05) is 6.42 Å². The number of benzene rings is 1. The topological polar surface area (TPSA) is 61.8 Å². The second kappa shape index (κ2) is 10.4. The average Bonchev–Trinajstić information content (AvgIpc) is 2.83. The zero-order valence-electron chi connectivity index (χ0n) is 17.6. The molecule has 0 unspecified atom stereocenters. The molecule has 2 saturated heterocycles. The largest absolute Gasteiger partial charge is 0.494 e. The molecule has 160 valence electrons. The molecule has 0 atom stereocenters. The van der Waals surface area contributed by atoms with Gasteiger partial charge in [-0.05, 0) is 56.6 Å². The van der Waals surface area contributed by atoms with Crippen molar-refractivity contribution in [3.05, 3.63) is 48.5 Å². The Kier molecular flexibility index (Phi) is 7.13. The molecule has 7 heteroatoms. The number of hydrogen-bond donors (Lipinski definition) is 0. The van der Waals surface area contributed by atoms with Crippen molar-refractivity contribution in [2.75, 3.05) is 57.3 Å². The van der Waals surface area contributed by atoms with Gasteiger partial charge in [-0.15, -0.1) is 0 Å². The van der Waals surface area contributed by atoms with Gasteiger partial charge in [0.1, 0.15) is 12.1 Å². The van der Waals surface area contributed by atoms with E-state index < -0.39 is 0 Å². The lowest BCUT2D eigenvalue weighted by atomic mass is 10.1. The zero-order chi connectivity index (χ0) is 20.6. The summed E-state index contributed by atoms with van der Waals surface area (Å²) in [5, 5.41) is 0. The number of rotatable bonds is 7. The van der Waals surface area contributed by atoms with Gasteiger partial charge < -0.3 is 19.4 Å². The number of piperidine rings is 1. The minimum absolute atomic E-state index is 0.00329. The third-order valence-electron chi connectivity index (χ3n) is 5.91. The van der Waals surface area contributed by atoms with Crippen LogP contribution >= 0.6 is 0 Å². The van der Waals surface area contributed by atoms with Crippen LogP contribution in [0.5, 0.6) is 5.75 Å². The van der Waals surface area contributed by atoms with Crippen LogP contribution in [-0.2, 0) is 0 Å². The average molecular weight is 410 g/mol. The number of amides is 1. The predicted octanol–water partition coefficient (Wildman–Crippen LogP) is 2.69. The van der Waals surface area contributed by atoms with Crippen molar-refractivity contribution >= 4 is 11.6 Å². The molecule has 2 aliphatic heterocycles. The molecule has 2 aromatic rings. The first-order chi connectivity index (χ1) is 14.8. The number of piperazine rings is 1. The third kappa shape index (κ3) is 5.48. The molecular weight excluding hydrogens is 378 g/mol. The third-order valence-corrected chi connectivity index (χ3v) is 5.91. The summed E-state index contributed by atoms with van der Waals surface area (Å²) in [6.07, 6.45) is 9.73. The number of aromatic nitrogens is 2.